The van der Waals surface area contributed by atoms with Gasteiger partial charge in [-0.25, -0.2) is 0 Å². The van der Waals surface area contributed by atoms with Crippen LogP contribution in [0.4, 0.5) is 0 Å². The number of carbonyl (C=O) groups is 1. The number of aliphatic hydroxyl groups excluding tert-OH is 1. The fourth-order valence-corrected chi connectivity index (χ4v) is 3.65. The molecule has 0 saturated heterocycles. The van der Waals surface area contributed by atoms with Crippen LogP contribution >= 0.6 is 0 Å². The van der Waals surface area contributed by atoms with E-state index < -0.39 is 12.1 Å². The Balaban J connectivity index is 2.26. The first-order valence-corrected chi connectivity index (χ1v) is 8.99. The van der Waals surface area contributed by atoms with Gasteiger partial charge in [-0.15, -0.1) is 0 Å². The Morgan fingerprint density at radius 2 is 1.85 bits per heavy atom. The van der Waals surface area contributed by atoms with E-state index in [0.717, 1.165) is 16.7 Å². The van der Waals surface area contributed by atoms with Gasteiger partial charge in [-0.3, -0.25) is 4.79 Å². The lowest BCUT2D eigenvalue weighted by atomic mass is 9.72. The van der Waals surface area contributed by atoms with E-state index in [1.165, 1.54) is 0 Å². The Labute approximate surface area is 154 Å². The number of phenols is 2. The maximum Gasteiger partial charge on any atom is 0.303 e. The maximum absolute atomic E-state index is 10.6. The molecule has 0 amide bonds. The lowest BCUT2D eigenvalue weighted by Crippen LogP contribution is -2.26. The third-order valence-electron chi connectivity index (χ3n) is 5.15. The van der Waals surface area contributed by atoms with E-state index in [1.807, 2.05) is 19.9 Å². The number of aliphatic carboxylic acids is 1. The second-order valence-corrected chi connectivity index (χ2v) is 7.29. The number of phenolic OH excluding ortho intramolecular Hbond substituents is 2. The van der Waals surface area contributed by atoms with E-state index in [9.17, 15) is 20.1 Å². The highest BCUT2D eigenvalue weighted by molar-refractivity contribution is 5.66. The van der Waals surface area contributed by atoms with Gasteiger partial charge in [0.05, 0.1) is 6.10 Å². The van der Waals surface area contributed by atoms with Crippen LogP contribution in [0.3, 0.4) is 0 Å². The normalized spacial score (nSPS) is 22.7. The molecule has 0 spiro atoms. The lowest BCUT2D eigenvalue weighted by Gasteiger charge is -2.34. The maximum atomic E-state index is 10.6. The van der Waals surface area contributed by atoms with Gasteiger partial charge in [-0.05, 0) is 68.7 Å². The monoisotopic (exact) mass is 360 g/mol. The van der Waals surface area contributed by atoms with Gasteiger partial charge >= 0.3 is 5.97 Å². The summed E-state index contributed by atoms with van der Waals surface area (Å²) in [5, 5.41) is 39.9. The first-order valence-electron chi connectivity index (χ1n) is 8.99. The molecular weight excluding hydrogens is 332 g/mol. The van der Waals surface area contributed by atoms with Crippen LogP contribution in [0.5, 0.6) is 11.5 Å². The number of hydrogen-bond acceptors (Lipinski definition) is 4. The number of hydrogen-bond donors (Lipinski definition) is 4. The molecule has 0 bridgehead atoms. The standard InChI is InChI=1S/C21H28O5/c1-12(2)15-11-17(22)13(3)8-16(15)21-18(23)9-14(10-19(21)24)6-4-5-7-20(25)26/h8-10,15-17,22-24H,1,4-7,11H2,2-3H3,(H,25,26)/t15-,16?,17?/m0/s1. The van der Waals surface area contributed by atoms with Crippen molar-refractivity contribution >= 4 is 5.97 Å². The Hall–Kier alpha value is -2.27. The second-order valence-electron chi connectivity index (χ2n) is 7.29. The molecule has 0 aromatic heterocycles. The number of allylic oxidation sites excluding steroid dienone is 2. The summed E-state index contributed by atoms with van der Waals surface area (Å²) in [7, 11) is 0. The number of benzene rings is 1. The zero-order chi connectivity index (χ0) is 19.4. The average Bonchev–Trinajstić information content (AvgIpc) is 2.53. The molecule has 26 heavy (non-hydrogen) atoms. The van der Waals surface area contributed by atoms with Crippen LogP contribution in [-0.2, 0) is 11.2 Å². The molecule has 4 N–H and O–H groups in total. The summed E-state index contributed by atoms with van der Waals surface area (Å²) in [6, 6.07) is 3.28. The minimum Gasteiger partial charge on any atom is -0.507 e. The molecular formula is C21H28O5. The van der Waals surface area contributed by atoms with E-state index in [4.69, 9.17) is 5.11 Å². The zero-order valence-corrected chi connectivity index (χ0v) is 15.4. The number of aryl methyl sites for hydroxylation is 1. The topological polar surface area (TPSA) is 98.0 Å². The fraction of sp³-hybridized carbons (Fsp3) is 0.476. The van der Waals surface area contributed by atoms with E-state index in [-0.39, 0.29) is 29.8 Å². The van der Waals surface area contributed by atoms with Crippen molar-refractivity contribution in [3.8, 4) is 11.5 Å². The Morgan fingerprint density at radius 3 is 2.38 bits per heavy atom. The summed E-state index contributed by atoms with van der Waals surface area (Å²) in [6.45, 7) is 7.74. The van der Waals surface area contributed by atoms with Crippen molar-refractivity contribution in [2.45, 2.75) is 58.0 Å². The van der Waals surface area contributed by atoms with Gasteiger partial charge in [0.1, 0.15) is 11.5 Å². The van der Waals surface area contributed by atoms with Crippen molar-refractivity contribution in [2.24, 2.45) is 5.92 Å². The second kappa shape index (κ2) is 8.41. The van der Waals surface area contributed by atoms with E-state index in [0.29, 0.717) is 31.2 Å². The molecule has 0 radical (unpaired) electrons. The van der Waals surface area contributed by atoms with E-state index >= 15 is 0 Å². The Morgan fingerprint density at radius 1 is 1.23 bits per heavy atom. The van der Waals surface area contributed by atoms with Crippen molar-refractivity contribution in [1.82, 2.24) is 0 Å². The van der Waals surface area contributed by atoms with Crippen molar-refractivity contribution in [1.29, 1.82) is 0 Å². The van der Waals surface area contributed by atoms with Crippen LogP contribution in [0.1, 0.15) is 56.6 Å². The van der Waals surface area contributed by atoms with Crippen molar-refractivity contribution < 1.29 is 25.2 Å². The highest BCUT2D eigenvalue weighted by atomic mass is 16.4. The first kappa shape index (κ1) is 20.0. The van der Waals surface area contributed by atoms with Gasteiger partial charge in [-0.1, -0.05) is 18.2 Å². The van der Waals surface area contributed by atoms with Crippen LogP contribution in [0.15, 0.2) is 35.9 Å². The lowest BCUT2D eigenvalue weighted by molar-refractivity contribution is -0.137. The van der Waals surface area contributed by atoms with Crippen LogP contribution in [0.25, 0.3) is 0 Å². The Bertz CT molecular complexity index is 696. The number of aromatic hydroxyl groups is 2. The first-order chi connectivity index (χ1) is 12.2. The SMILES string of the molecule is C=C(C)[C@@H]1CC(O)C(C)=CC1c1c(O)cc(CCCCC(=O)O)cc1O. The molecule has 1 aromatic rings. The molecule has 0 heterocycles. The molecule has 5 heteroatoms. The van der Waals surface area contributed by atoms with Gasteiger partial charge in [0, 0.05) is 17.9 Å². The molecule has 0 aliphatic heterocycles. The molecule has 2 unspecified atom stereocenters. The molecule has 0 fully saturated rings. The van der Waals surface area contributed by atoms with Gasteiger partial charge in [-0.2, -0.15) is 0 Å². The third-order valence-corrected chi connectivity index (χ3v) is 5.15. The summed E-state index contributed by atoms with van der Waals surface area (Å²) in [5.41, 5.74) is 2.95. The summed E-state index contributed by atoms with van der Waals surface area (Å²) >= 11 is 0. The minimum absolute atomic E-state index is 0.0231. The predicted octanol–water partition coefficient (Wildman–Crippen LogP) is 3.88. The summed E-state index contributed by atoms with van der Waals surface area (Å²) in [5.74, 6) is -1.08. The molecule has 2 rings (SSSR count). The highest BCUT2D eigenvalue weighted by Crippen LogP contribution is 2.46. The molecule has 0 saturated carbocycles. The zero-order valence-electron chi connectivity index (χ0n) is 15.4. The molecule has 5 nitrogen and oxygen atoms in total. The number of aliphatic hydroxyl groups is 1. The van der Waals surface area contributed by atoms with E-state index in [2.05, 4.69) is 6.58 Å². The molecule has 1 aromatic carbocycles. The number of carboxylic acids is 1. The Kier molecular flexibility index (Phi) is 6.48. The summed E-state index contributed by atoms with van der Waals surface area (Å²) in [6.07, 6.45) is 3.81. The van der Waals surface area contributed by atoms with Gasteiger partial charge in [0.2, 0.25) is 0 Å². The third kappa shape index (κ3) is 4.67. The van der Waals surface area contributed by atoms with Crippen molar-refractivity contribution in [3.63, 3.8) is 0 Å². The summed E-state index contributed by atoms with van der Waals surface area (Å²) in [4.78, 5) is 10.6. The van der Waals surface area contributed by atoms with Gasteiger partial charge < -0.3 is 20.4 Å². The number of carboxylic acid groups (broad SMARTS) is 1. The average molecular weight is 360 g/mol. The predicted molar refractivity (Wildman–Crippen MR) is 100 cm³/mol. The smallest absolute Gasteiger partial charge is 0.303 e. The van der Waals surface area contributed by atoms with Gasteiger partial charge in [0.25, 0.3) is 0 Å². The highest BCUT2D eigenvalue weighted by Gasteiger charge is 2.33. The van der Waals surface area contributed by atoms with Gasteiger partial charge in [0.15, 0.2) is 0 Å². The molecule has 3 atom stereocenters. The molecule has 1 aliphatic carbocycles. The van der Waals surface area contributed by atoms with Crippen molar-refractivity contribution in [2.75, 3.05) is 0 Å². The fourth-order valence-electron chi connectivity index (χ4n) is 3.65. The molecule has 142 valence electrons. The quantitative estimate of drug-likeness (QED) is 0.437. The minimum atomic E-state index is -0.821. The number of unbranched alkanes of at least 4 members (excludes halogenated alkanes) is 1. The van der Waals surface area contributed by atoms with Crippen LogP contribution in [0, 0.1) is 5.92 Å². The van der Waals surface area contributed by atoms with E-state index in [1.54, 1.807) is 12.1 Å². The van der Waals surface area contributed by atoms with Crippen LogP contribution < -0.4 is 0 Å². The number of rotatable bonds is 7. The summed E-state index contributed by atoms with van der Waals surface area (Å²) < 4.78 is 0. The van der Waals surface area contributed by atoms with Crippen LogP contribution in [0.2, 0.25) is 0 Å². The molecule has 1 aliphatic rings. The van der Waals surface area contributed by atoms with Crippen LogP contribution in [-0.4, -0.2) is 32.5 Å². The largest absolute Gasteiger partial charge is 0.507 e. The van der Waals surface area contributed by atoms with Crippen molar-refractivity contribution in [3.05, 3.63) is 47.1 Å².